The number of carbonyl (C=O) groups is 1. The second kappa shape index (κ2) is 8.25. The topological polar surface area (TPSA) is 54.0 Å². The van der Waals surface area contributed by atoms with Gasteiger partial charge in [0.2, 0.25) is 0 Å². The molecule has 0 aromatic heterocycles. The summed E-state index contributed by atoms with van der Waals surface area (Å²) in [6.07, 6.45) is 3.21. The Morgan fingerprint density at radius 3 is 2.61 bits per heavy atom. The lowest BCUT2D eigenvalue weighted by molar-refractivity contribution is -0.00539. The summed E-state index contributed by atoms with van der Waals surface area (Å²) in [7, 11) is 0. The molecule has 2 heterocycles. The summed E-state index contributed by atoms with van der Waals surface area (Å²) in [6, 6.07) is 5.12. The molecule has 3 unspecified atom stereocenters. The van der Waals surface area contributed by atoms with Gasteiger partial charge in [0, 0.05) is 43.9 Å². The Morgan fingerprint density at radius 2 is 2.00 bits per heavy atom. The van der Waals surface area contributed by atoms with Gasteiger partial charge in [-0.15, -0.1) is 0 Å². The highest BCUT2D eigenvalue weighted by Gasteiger charge is 2.35. The fraction of sp³-hybridized carbons (Fsp3) is 0.667. The number of anilines is 2. The highest BCUT2D eigenvalue weighted by Crippen LogP contribution is 2.30. The monoisotopic (exact) mass is 391 g/mol. The van der Waals surface area contributed by atoms with Crippen LogP contribution in [0.2, 0.25) is 0 Å². The van der Waals surface area contributed by atoms with E-state index in [-0.39, 0.29) is 24.1 Å². The molecule has 0 spiro atoms. The number of morpholine rings is 1. The van der Waals surface area contributed by atoms with Gasteiger partial charge in [-0.05, 0) is 51.3 Å². The number of ether oxygens (including phenoxy) is 2. The molecule has 0 bridgehead atoms. The Hall–Kier alpha value is -1.86. The van der Waals surface area contributed by atoms with Gasteiger partial charge in [0.1, 0.15) is 5.82 Å². The Balaban J connectivity index is 1.41. The first-order chi connectivity index (χ1) is 13.5. The molecule has 4 rings (SSSR count). The second-order valence-corrected chi connectivity index (χ2v) is 8.37. The number of rotatable bonds is 5. The quantitative estimate of drug-likeness (QED) is 0.835. The number of halogens is 1. The van der Waals surface area contributed by atoms with Crippen LogP contribution in [0.4, 0.5) is 20.6 Å². The smallest absolute Gasteiger partial charge is 0.322 e. The number of amides is 2. The molecular formula is C21H30FN3O3. The summed E-state index contributed by atoms with van der Waals surface area (Å²) in [5.74, 6) is 0.0806. The van der Waals surface area contributed by atoms with Gasteiger partial charge in [0.25, 0.3) is 0 Å². The minimum absolute atomic E-state index is 0.0641. The van der Waals surface area contributed by atoms with Crippen molar-refractivity contribution in [2.75, 3.05) is 43.1 Å². The summed E-state index contributed by atoms with van der Waals surface area (Å²) in [5, 5.41) is 2.89. The van der Waals surface area contributed by atoms with Crippen molar-refractivity contribution in [2.24, 2.45) is 5.92 Å². The molecule has 6 nitrogen and oxygen atoms in total. The normalized spacial score (nSPS) is 27.7. The van der Waals surface area contributed by atoms with Gasteiger partial charge in [-0.2, -0.15) is 0 Å². The zero-order chi connectivity index (χ0) is 19.7. The van der Waals surface area contributed by atoms with E-state index < -0.39 is 0 Å². The van der Waals surface area contributed by atoms with E-state index in [1.807, 2.05) is 23.6 Å². The van der Waals surface area contributed by atoms with Gasteiger partial charge in [-0.3, -0.25) is 0 Å². The Kier molecular flexibility index (Phi) is 5.73. The van der Waals surface area contributed by atoms with Crippen LogP contribution in [-0.2, 0) is 9.47 Å². The summed E-state index contributed by atoms with van der Waals surface area (Å²) >= 11 is 0. The number of benzene rings is 1. The number of carbonyl (C=O) groups excluding carboxylic acids is 1. The third-order valence-electron chi connectivity index (χ3n) is 5.69. The molecule has 2 saturated heterocycles. The highest BCUT2D eigenvalue weighted by atomic mass is 19.1. The van der Waals surface area contributed by atoms with Crippen molar-refractivity contribution in [3.8, 4) is 0 Å². The lowest BCUT2D eigenvalue weighted by Gasteiger charge is -2.37. The minimum Gasteiger partial charge on any atom is -0.381 e. The van der Waals surface area contributed by atoms with Gasteiger partial charge >= 0.3 is 6.03 Å². The van der Waals surface area contributed by atoms with E-state index in [1.165, 1.54) is 6.07 Å². The highest BCUT2D eigenvalue weighted by molar-refractivity contribution is 5.90. The van der Waals surface area contributed by atoms with E-state index in [1.54, 1.807) is 12.1 Å². The first-order valence-corrected chi connectivity index (χ1v) is 10.3. The molecule has 1 N–H and O–H groups in total. The maximum Gasteiger partial charge on any atom is 0.322 e. The zero-order valence-corrected chi connectivity index (χ0v) is 16.7. The lowest BCUT2D eigenvalue weighted by Crippen LogP contribution is -2.45. The van der Waals surface area contributed by atoms with E-state index in [0.29, 0.717) is 43.0 Å². The van der Waals surface area contributed by atoms with Crippen molar-refractivity contribution in [3.63, 3.8) is 0 Å². The first-order valence-electron chi connectivity index (χ1n) is 10.3. The molecular weight excluding hydrogens is 361 g/mol. The number of hydrogen-bond acceptors (Lipinski definition) is 4. The summed E-state index contributed by atoms with van der Waals surface area (Å²) in [5.41, 5.74) is 1.05. The van der Waals surface area contributed by atoms with Crippen molar-refractivity contribution < 1.29 is 18.7 Å². The summed E-state index contributed by atoms with van der Waals surface area (Å²) in [6.45, 7) is 7.51. The third-order valence-corrected chi connectivity index (χ3v) is 5.69. The zero-order valence-electron chi connectivity index (χ0n) is 16.7. The Morgan fingerprint density at radius 1 is 1.25 bits per heavy atom. The predicted octanol–water partition coefficient (Wildman–Crippen LogP) is 3.47. The molecule has 1 aliphatic carbocycles. The molecule has 7 heteroatoms. The largest absolute Gasteiger partial charge is 0.381 e. The first kappa shape index (κ1) is 19.5. The van der Waals surface area contributed by atoms with Crippen molar-refractivity contribution in [3.05, 3.63) is 24.0 Å². The summed E-state index contributed by atoms with van der Waals surface area (Å²) < 4.78 is 25.9. The molecule has 3 aliphatic rings. The van der Waals surface area contributed by atoms with E-state index in [0.717, 1.165) is 32.5 Å². The maximum atomic E-state index is 14.8. The van der Waals surface area contributed by atoms with E-state index in [4.69, 9.17) is 9.47 Å². The Labute approximate surface area is 166 Å². The second-order valence-electron chi connectivity index (χ2n) is 8.37. The standard InChI is InChI=1S/C21H30FN3O3/c1-14-10-24(11-15(2)28-14)20-6-3-17(9-19(20)22)23-21(26)25(18-4-5-18)12-16-7-8-27-13-16/h3,6,9,14-16,18H,4-5,7-8,10-13H2,1-2H3,(H,23,26). The van der Waals surface area contributed by atoms with E-state index in [9.17, 15) is 9.18 Å². The molecule has 3 fully saturated rings. The van der Waals surface area contributed by atoms with Crippen molar-refractivity contribution in [1.82, 2.24) is 4.90 Å². The van der Waals surface area contributed by atoms with Gasteiger partial charge in [0.15, 0.2) is 0 Å². The van der Waals surface area contributed by atoms with Crippen LogP contribution < -0.4 is 10.2 Å². The van der Waals surface area contributed by atoms with Crippen LogP contribution in [0.3, 0.4) is 0 Å². The number of nitrogens with one attached hydrogen (secondary N) is 1. The molecule has 1 aromatic rings. The molecule has 154 valence electrons. The van der Waals surface area contributed by atoms with Crippen LogP contribution in [0.5, 0.6) is 0 Å². The molecule has 2 amide bonds. The van der Waals surface area contributed by atoms with E-state index >= 15 is 0 Å². The number of hydrogen-bond donors (Lipinski definition) is 1. The van der Waals surface area contributed by atoms with Crippen LogP contribution in [0.1, 0.15) is 33.1 Å². The minimum atomic E-state index is -0.318. The number of nitrogens with zero attached hydrogens (tertiary/aromatic N) is 2. The summed E-state index contributed by atoms with van der Waals surface area (Å²) in [4.78, 5) is 16.7. The van der Waals surface area contributed by atoms with Crippen LogP contribution in [-0.4, -0.2) is 62.0 Å². The average Bonchev–Trinajstić information content (AvgIpc) is 3.34. The van der Waals surface area contributed by atoms with Crippen molar-refractivity contribution in [1.29, 1.82) is 0 Å². The molecule has 2 aliphatic heterocycles. The maximum absolute atomic E-state index is 14.8. The molecule has 0 radical (unpaired) electrons. The van der Waals surface area contributed by atoms with Crippen molar-refractivity contribution in [2.45, 2.75) is 51.4 Å². The van der Waals surface area contributed by atoms with Gasteiger partial charge in [-0.1, -0.05) is 0 Å². The van der Waals surface area contributed by atoms with Crippen LogP contribution in [0.15, 0.2) is 18.2 Å². The average molecular weight is 391 g/mol. The van der Waals surface area contributed by atoms with Gasteiger partial charge in [-0.25, -0.2) is 9.18 Å². The number of urea groups is 1. The molecule has 28 heavy (non-hydrogen) atoms. The van der Waals surface area contributed by atoms with Gasteiger partial charge in [0.05, 0.1) is 24.5 Å². The molecule has 1 saturated carbocycles. The SMILES string of the molecule is CC1CN(c2ccc(NC(=O)N(CC3CCOC3)C3CC3)cc2F)CC(C)O1. The fourth-order valence-electron chi connectivity index (χ4n) is 4.20. The third kappa shape index (κ3) is 4.58. The Bertz CT molecular complexity index is 696. The van der Waals surface area contributed by atoms with Crippen LogP contribution >= 0.6 is 0 Å². The van der Waals surface area contributed by atoms with Crippen LogP contribution in [0, 0.1) is 11.7 Å². The fourth-order valence-corrected chi connectivity index (χ4v) is 4.20. The lowest BCUT2D eigenvalue weighted by atomic mass is 10.1. The van der Waals surface area contributed by atoms with E-state index in [2.05, 4.69) is 5.32 Å². The predicted molar refractivity (Wildman–Crippen MR) is 106 cm³/mol. The van der Waals surface area contributed by atoms with Crippen molar-refractivity contribution >= 4 is 17.4 Å². The van der Waals surface area contributed by atoms with Crippen LogP contribution in [0.25, 0.3) is 0 Å². The molecule has 3 atom stereocenters. The van der Waals surface area contributed by atoms with Gasteiger partial charge < -0.3 is 24.6 Å². The molecule has 1 aromatic carbocycles.